The standard InChI is InChI=1S/C18H25FN2O/c1-13(2)12-20-9-7-17-16(20)8-10-21(17)18(22)11-14-3-5-15(19)6-4-14/h3-6,13,16-17H,7-12H2,1-2H3/t16-,17+/m0/s1. The van der Waals surface area contributed by atoms with Crippen LogP contribution in [0.5, 0.6) is 0 Å². The fourth-order valence-electron chi connectivity index (χ4n) is 3.96. The maximum Gasteiger partial charge on any atom is 0.227 e. The van der Waals surface area contributed by atoms with Gasteiger partial charge in [0.15, 0.2) is 0 Å². The van der Waals surface area contributed by atoms with E-state index in [1.807, 2.05) is 0 Å². The lowest BCUT2D eigenvalue weighted by Crippen LogP contribution is -2.41. The molecule has 0 aromatic heterocycles. The van der Waals surface area contributed by atoms with E-state index >= 15 is 0 Å². The molecule has 2 saturated heterocycles. The van der Waals surface area contributed by atoms with E-state index in [-0.39, 0.29) is 11.7 Å². The first-order valence-electron chi connectivity index (χ1n) is 8.32. The van der Waals surface area contributed by atoms with Gasteiger partial charge in [0.25, 0.3) is 0 Å². The molecule has 2 atom stereocenters. The minimum Gasteiger partial charge on any atom is -0.338 e. The number of benzene rings is 1. The Morgan fingerprint density at radius 1 is 1.18 bits per heavy atom. The number of halogens is 1. The lowest BCUT2D eigenvalue weighted by atomic mass is 10.1. The van der Waals surface area contributed by atoms with Gasteiger partial charge in [0, 0.05) is 31.7 Å². The zero-order valence-electron chi connectivity index (χ0n) is 13.5. The molecule has 0 aliphatic carbocycles. The smallest absolute Gasteiger partial charge is 0.227 e. The van der Waals surface area contributed by atoms with Crippen molar-refractivity contribution in [2.24, 2.45) is 5.92 Å². The number of hydrogen-bond acceptors (Lipinski definition) is 2. The number of carbonyl (C=O) groups is 1. The Morgan fingerprint density at radius 2 is 1.86 bits per heavy atom. The molecule has 0 radical (unpaired) electrons. The Bertz CT molecular complexity index is 528. The second-order valence-electron chi connectivity index (χ2n) is 6.99. The molecule has 3 nitrogen and oxygen atoms in total. The molecule has 2 aliphatic rings. The van der Waals surface area contributed by atoms with Crippen LogP contribution in [0.3, 0.4) is 0 Å². The molecule has 1 aromatic carbocycles. The minimum atomic E-state index is -0.252. The fraction of sp³-hybridized carbons (Fsp3) is 0.611. The Balaban J connectivity index is 1.62. The monoisotopic (exact) mass is 304 g/mol. The zero-order chi connectivity index (χ0) is 15.7. The van der Waals surface area contributed by atoms with E-state index in [2.05, 4.69) is 23.6 Å². The van der Waals surface area contributed by atoms with Crippen molar-refractivity contribution in [1.82, 2.24) is 9.80 Å². The average molecular weight is 304 g/mol. The van der Waals surface area contributed by atoms with Gasteiger partial charge in [-0.25, -0.2) is 4.39 Å². The largest absolute Gasteiger partial charge is 0.338 e. The quantitative estimate of drug-likeness (QED) is 0.854. The van der Waals surface area contributed by atoms with E-state index < -0.39 is 0 Å². The number of rotatable bonds is 4. The summed E-state index contributed by atoms with van der Waals surface area (Å²) < 4.78 is 12.9. The number of hydrogen-bond donors (Lipinski definition) is 0. The Morgan fingerprint density at radius 3 is 2.55 bits per heavy atom. The Hall–Kier alpha value is -1.42. The third-order valence-corrected chi connectivity index (χ3v) is 4.88. The van der Waals surface area contributed by atoms with E-state index in [4.69, 9.17) is 0 Å². The maximum atomic E-state index is 12.9. The van der Waals surface area contributed by atoms with Crippen molar-refractivity contribution in [1.29, 1.82) is 0 Å². The molecule has 1 aromatic rings. The molecule has 1 amide bonds. The third-order valence-electron chi connectivity index (χ3n) is 4.88. The fourth-order valence-corrected chi connectivity index (χ4v) is 3.96. The van der Waals surface area contributed by atoms with Crippen molar-refractivity contribution in [3.63, 3.8) is 0 Å². The summed E-state index contributed by atoms with van der Waals surface area (Å²) in [5, 5.41) is 0. The Labute approximate surface area is 132 Å². The highest BCUT2D eigenvalue weighted by Crippen LogP contribution is 2.32. The maximum absolute atomic E-state index is 12.9. The molecule has 0 unspecified atom stereocenters. The lowest BCUT2D eigenvalue weighted by Gasteiger charge is -2.26. The van der Waals surface area contributed by atoms with Crippen molar-refractivity contribution >= 4 is 5.91 Å². The first-order valence-corrected chi connectivity index (χ1v) is 8.32. The summed E-state index contributed by atoms with van der Waals surface area (Å²) in [6.07, 6.45) is 2.56. The summed E-state index contributed by atoms with van der Waals surface area (Å²) in [5.74, 6) is 0.603. The van der Waals surface area contributed by atoms with E-state index in [0.29, 0.717) is 24.4 Å². The summed E-state index contributed by atoms with van der Waals surface area (Å²) >= 11 is 0. The number of likely N-dealkylation sites (tertiary alicyclic amines) is 2. The Kier molecular flexibility index (Phi) is 4.48. The summed E-state index contributed by atoms with van der Waals surface area (Å²) in [4.78, 5) is 17.2. The average Bonchev–Trinajstić information content (AvgIpc) is 3.04. The van der Waals surface area contributed by atoms with E-state index in [1.165, 1.54) is 12.1 Å². The van der Waals surface area contributed by atoms with E-state index in [0.717, 1.165) is 38.0 Å². The van der Waals surface area contributed by atoms with Crippen LogP contribution in [0.25, 0.3) is 0 Å². The van der Waals surface area contributed by atoms with Gasteiger partial charge in [0.1, 0.15) is 5.82 Å². The highest BCUT2D eigenvalue weighted by molar-refractivity contribution is 5.79. The van der Waals surface area contributed by atoms with Crippen molar-refractivity contribution < 1.29 is 9.18 Å². The molecular weight excluding hydrogens is 279 g/mol. The predicted molar refractivity (Wildman–Crippen MR) is 85.0 cm³/mol. The van der Waals surface area contributed by atoms with Gasteiger partial charge in [0.05, 0.1) is 6.42 Å². The van der Waals surface area contributed by atoms with Crippen LogP contribution in [0.2, 0.25) is 0 Å². The molecule has 2 fully saturated rings. The number of nitrogens with zero attached hydrogens (tertiary/aromatic N) is 2. The minimum absolute atomic E-state index is 0.186. The second-order valence-corrected chi connectivity index (χ2v) is 6.99. The van der Waals surface area contributed by atoms with Crippen LogP contribution in [0.4, 0.5) is 4.39 Å². The van der Waals surface area contributed by atoms with Crippen LogP contribution < -0.4 is 0 Å². The summed E-state index contributed by atoms with van der Waals surface area (Å²) in [7, 11) is 0. The molecule has 2 heterocycles. The van der Waals surface area contributed by atoms with Gasteiger partial charge in [-0.3, -0.25) is 9.69 Å². The van der Waals surface area contributed by atoms with Crippen molar-refractivity contribution in [2.45, 2.75) is 45.2 Å². The molecular formula is C18H25FN2O. The van der Waals surface area contributed by atoms with Crippen LogP contribution >= 0.6 is 0 Å². The summed E-state index contributed by atoms with van der Waals surface area (Å²) in [6, 6.07) is 7.19. The first-order chi connectivity index (χ1) is 10.5. The van der Waals surface area contributed by atoms with Gasteiger partial charge in [-0.1, -0.05) is 26.0 Å². The highest BCUT2D eigenvalue weighted by atomic mass is 19.1. The third kappa shape index (κ3) is 3.17. The van der Waals surface area contributed by atoms with Gasteiger partial charge < -0.3 is 4.90 Å². The summed E-state index contributed by atoms with van der Waals surface area (Å²) in [5.41, 5.74) is 0.895. The predicted octanol–water partition coefficient (Wildman–Crippen LogP) is 2.70. The first kappa shape index (κ1) is 15.5. The zero-order valence-corrected chi connectivity index (χ0v) is 13.5. The van der Waals surface area contributed by atoms with Crippen LogP contribution in [-0.4, -0.2) is 47.4 Å². The molecule has 0 bridgehead atoms. The SMILES string of the molecule is CC(C)CN1CC[C@@H]2[C@@H]1CCN2C(=O)Cc1ccc(F)cc1. The van der Waals surface area contributed by atoms with Crippen LogP contribution in [0.15, 0.2) is 24.3 Å². The van der Waals surface area contributed by atoms with Crippen LogP contribution in [0.1, 0.15) is 32.3 Å². The van der Waals surface area contributed by atoms with Gasteiger partial charge in [0.2, 0.25) is 5.91 Å². The topological polar surface area (TPSA) is 23.6 Å². The molecule has 0 N–H and O–H groups in total. The molecule has 22 heavy (non-hydrogen) atoms. The van der Waals surface area contributed by atoms with Crippen LogP contribution in [0, 0.1) is 11.7 Å². The number of fused-ring (bicyclic) bond motifs is 1. The summed E-state index contributed by atoms with van der Waals surface area (Å²) in [6.45, 7) is 7.60. The van der Waals surface area contributed by atoms with Gasteiger partial charge in [-0.05, 0) is 36.5 Å². The molecule has 4 heteroatoms. The molecule has 3 rings (SSSR count). The van der Waals surface area contributed by atoms with Gasteiger partial charge in [-0.15, -0.1) is 0 Å². The number of carbonyl (C=O) groups excluding carboxylic acids is 1. The van der Waals surface area contributed by atoms with Crippen molar-refractivity contribution in [3.8, 4) is 0 Å². The lowest BCUT2D eigenvalue weighted by molar-refractivity contribution is -0.131. The normalized spacial score (nSPS) is 25.0. The van der Waals surface area contributed by atoms with Crippen molar-refractivity contribution in [2.75, 3.05) is 19.6 Å². The number of amides is 1. The van der Waals surface area contributed by atoms with Gasteiger partial charge >= 0.3 is 0 Å². The van der Waals surface area contributed by atoms with E-state index in [1.54, 1.807) is 12.1 Å². The van der Waals surface area contributed by atoms with Gasteiger partial charge in [-0.2, -0.15) is 0 Å². The molecule has 120 valence electrons. The molecule has 0 spiro atoms. The molecule has 0 saturated carbocycles. The van der Waals surface area contributed by atoms with E-state index in [9.17, 15) is 9.18 Å². The van der Waals surface area contributed by atoms with Crippen LogP contribution in [-0.2, 0) is 11.2 Å². The molecule has 2 aliphatic heterocycles. The second kappa shape index (κ2) is 6.37. The van der Waals surface area contributed by atoms with Crippen molar-refractivity contribution in [3.05, 3.63) is 35.6 Å². The highest BCUT2D eigenvalue weighted by Gasteiger charge is 2.43.